The summed E-state index contributed by atoms with van der Waals surface area (Å²) in [5.41, 5.74) is 10.4. The van der Waals surface area contributed by atoms with Gasteiger partial charge in [0.05, 0.1) is 6.54 Å². The SMILES string of the molecule is CC(N)(N)NCC(=O)O.Cl. The minimum absolute atomic E-state index is 0. The summed E-state index contributed by atoms with van der Waals surface area (Å²) in [5, 5.41) is 10.5. The summed E-state index contributed by atoms with van der Waals surface area (Å²) in [6, 6.07) is 0. The van der Waals surface area contributed by atoms with Gasteiger partial charge in [0.25, 0.3) is 0 Å². The van der Waals surface area contributed by atoms with Gasteiger partial charge in [0.15, 0.2) is 0 Å². The second kappa shape index (κ2) is 4.45. The van der Waals surface area contributed by atoms with E-state index in [-0.39, 0.29) is 19.0 Å². The quantitative estimate of drug-likeness (QED) is 0.393. The van der Waals surface area contributed by atoms with Crippen molar-refractivity contribution >= 4 is 18.4 Å². The Morgan fingerprint density at radius 3 is 2.20 bits per heavy atom. The molecule has 0 atom stereocenters. The molecule has 0 aliphatic rings. The standard InChI is InChI=1S/C4H11N3O2.ClH/c1-4(5,6)7-2-3(8)9;/h7H,2,5-6H2,1H3,(H,8,9);1H. The number of carbonyl (C=O) groups is 1. The molecular weight excluding hydrogens is 158 g/mol. The van der Waals surface area contributed by atoms with Crippen LogP contribution in [-0.4, -0.2) is 23.4 Å². The Bertz CT molecular complexity index is 112. The molecule has 0 radical (unpaired) electrons. The van der Waals surface area contributed by atoms with Crippen molar-refractivity contribution < 1.29 is 9.90 Å². The van der Waals surface area contributed by atoms with Gasteiger partial charge in [0.1, 0.15) is 5.79 Å². The van der Waals surface area contributed by atoms with Crippen LogP contribution >= 0.6 is 12.4 Å². The number of hydrogen-bond acceptors (Lipinski definition) is 4. The zero-order valence-electron chi connectivity index (χ0n) is 5.63. The fraction of sp³-hybridized carbons (Fsp3) is 0.750. The molecule has 0 aliphatic carbocycles. The Balaban J connectivity index is 0. The molecule has 5 nitrogen and oxygen atoms in total. The van der Waals surface area contributed by atoms with Crippen LogP contribution in [0.3, 0.4) is 0 Å². The fourth-order valence-corrected chi connectivity index (χ4v) is 0.266. The van der Waals surface area contributed by atoms with Gasteiger partial charge in [-0.15, -0.1) is 12.4 Å². The molecule has 0 rings (SSSR count). The second-order valence-electron chi connectivity index (χ2n) is 2.03. The average molecular weight is 170 g/mol. The van der Waals surface area contributed by atoms with Crippen molar-refractivity contribution in [2.24, 2.45) is 11.5 Å². The number of hydrogen-bond donors (Lipinski definition) is 4. The third-order valence-electron chi connectivity index (χ3n) is 0.621. The lowest BCUT2D eigenvalue weighted by molar-refractivity contribution is -0.136. The van der Waals surface area contributed by atoms with Crippen LogP contribution < -0.4 is 16.8 Å². The maximum Gasteiger partial charge on any atom is 0.317 e. The molecule has 0 saturated carbocycles. The molecule has 0 heterocycles. The third kappa shape index (κ3) is 10.6. The largest absolute Gasteiger partial charge is 0.480 e. The smallest absolute Gasteiger partial charge is 0.317 e. The van der Waals surface area contributed by atoms with Crippen molar-refractivity contribution in [1.29, 1.82) is 0 Å². The first-order chi connectivity index (χ1) is 3.92. The third-order valence-corrected chi connectivity index (χ3v) is 0.621. The van der Waals surface area contributed by atoms with Gasteiger partial charge in [-0.2, -0.15) is 0 Å². The lowest BCUT2D eigenvalue weighted by atomic mass is 10.4. The molecule has 0 aliphatic heterocycles. The van der Waals surface area contributed by atoms with Crippen molar-refractivity contribution in [3.8, 4) is 0 Å². The summed E-state index contributed by atoms with van der Waals surface area (Å²) in [6.45, 7) is 1.26. The average Bonchev–Trinajstić information content (AvgIpc) is 1.59. The lowest BCUT2D eigenvalue weighted by Gasteiger charge is -2.18. The van der Waals surface area contributed by atoms with Crippen LogP contribution in [0, 0.1) is 0 Å². The lowest BCUT2D eigenvalue weighted by Crippen LogP contribution is -2.59. The molecule has 0 spiro atoms. The van der Waals surface area contributed by atoms with Crippen LogP contribution in [0.5, 0.6) is 0 Å². The second-order valence-corrected chi connectivity index (χ2v) is 2.03. The molecule has 0 aromatic carbocycles. The predicted molar refractivity (Wildman–Crippen MR) is 39.7 cm³/mol. The van der Waals surface area contributed by atoms with Gasteiger partial charge in [-0.05, 0) is 6.92 Å². The summed E-state index contributed by atoms with van der Waals surface area (Å²) >= 11 is 0. The maximum absolute atomic E-state index is 9.87. The van der Waals surface area contributed by atoms with Crippen LogP contribution in [0.15, 0.2) is 0 Å². The first-order valence-electron chi connectivity index (χ1n) is 2.46. The minimum Gasteiger partial charge on any atom is -0.480 e. The molecule has 6 heteroatoms. The van der Waals surface area contributed by atoms with Crippen LogP contribution in [0.2, 0.25) is 0 Å². The summed E-state index contributed by atoms with van der Waals surface area (Å²) in [4.78, 5) is 9.87. The van der Waals surface area contributed by atoms with E-state index in [1.54, 1.807) is 0 Å². The van der Waals surface area contributed by atoms with Gasteiger partial charge in [-0.1, -0.05) is 0 Å². The molecule has 0 bridgehead atoms. The molecule has 0 amide bonds. The van der Waals surface area contributed by atoms with Crippen molar-refractivity contribution in [3.05, 3.63) is 0 Å². The first kappa shape index (κ1) is 12.3. The highest BCUT2D eigenvalue weighted by molar-refractivity contribution is 5.85. The number of rotatable bonds is 3. The van der Waals surface area contributed by atoms with Crippen molar-refractivity contribution in [2.45, 2.75) is 12.7 Å². The summed E-state index contributed by atoms with van der Waals surface area (Å²) in [7, 11) is 0. The van der Waals surface area contributed by atoms with Crippen molar-refractivity contribution in [2.75, 3.05) is 6.54 Å². The topological polar surface area (TPSA) is 101 Å². The monoisotopic (exact) mass is 169 g/mol. The molecule has 0 fully saturated rings. The molecule has 10 heavy (non-hydrogen) atoms. The Morgan fingerprint density at radius 2 is 2.10 bits per heavy atom. The van der Waals surface area contributed by atoms with E-state index in [2.05, 4.69) is 5.32 Å². The molecule has 0 aromatic heterocycles. The van der Waals surface area contributed by atoms with E-state index in [0.29, 0.717) is 0 Å². The fourth-order valence-electron chi connectivity index (χ4n) is 0.266. The highest BCUT2D eigenvalue weighted by Crippen LogP contribution is 1.76. The van der Waals surface area contributed by atoms with Gasteiger partial charge in [0.2, 0.25) is 0 Å². The van der Waals surface area contributed by atoms with Gasteiger partial charge in [-0.25, -0.2) is 0 Å². The number of nitrogens with two attached hydrogens (primary N) is 2. The number of aliphatic carboxylic acids is 1. The zero-order chi connectivity index (χ0) is 7.49. The first-order valence-corrected chi connectivity index (χ1v) is 2.46. The van der Waals surface area contributed by atoms with Crippen LogP contribution in [0.25, 0.3) is 0 Å². The molecule has 62 valence electrons. The van der Waals surface area contributed by atoms with Gasteiger partial charge in [-0.3, -0.25) is 10.1 Å². The van der Waals surface area contributed by atoms with Gasteiger partial charge in [0, 0.05) is 0 Å². The molecule has 0 aromatic rings. The van der Waals surface area contributed by atoms with Crippen LogP contribution in [-0.2, 0) is 4.79 Å². The van der Waals surface area contributed by atoms with E-state index >= 15 is 0 Å². The van der Waals surface area contributed by atoms with Crippen LogP contribution in [0.4, 0.5) is 0 Å². The Morgan fingerprint density at radius 1 is 1.70 bits per heavy atom. The maximum atomic E-state index is 9.87. The Kier molecular flexibility index (Phi) is 5.49. The van der Waals surface area contributed by atoms with Crippen molar-refractivity contribution in [1.82, 2.24) is 5.32 Å². The number of nitrogens with one attached hydrogen (secondary N) is 1. The zero-order valence-corrected chi connectivity index (χ0v) is 6.44. The number of carboxylic acids is 1. The molecular formula is C4H12ClN3O2. The van der Waals surface area contributed by atoms with Crippen LogP contribution in [0.1, 0.15) is 6.92 Å². The van der Waals surface area contributed by atoms with Gasteiger partial charge >= 0.3 is 5.97 Å². The van der Waals surface area contributed by atoms with E-state index in [1.807, 2.05) is 0 Å². The van der Waals surface area contributed by atoms with E-state index in [1.165, 1.54) is 6.92 Å². The van der Waals surface area contributed by atoms with E-state index < -0.39 is 11.8 Å². The summed E-state index contributed by atoms with van der Waals surface area (Å²) < 4.78 is 0. The Labute approximate surface area is 65.2 Å². The molecule has 0 unspecified atom stereocenters. The molecule has 6 N–H and O–H groups in total. The number of carboxylic acid groups (broad SMARTS) is 1. The minimum atomic E-state index is -1.10. The van der Waals surface area contributed by atoms with Crippen molar-refractivity contribution in [3.63, 3.8) is 0 Å². The number of halogens is 1. The summed E-state index contributed by atoms with van der Waals surface area (Å²) in [6.07, 6.45) is 0. The predicted octanol–water partition coefficient (Wildman–Crippen LogP) is -1.33. The Hall–Kier alpha value is -0.360. The highest BCUT2D eigenvalue weighted by atomic mass is 35.5. The summed E-state index contributed by atoms with van der Waals surface area (Å²) in [5.74, 6) is -2.07. The van der Waals surface area contributed by atoms with E-state index in [9.17, 15) is 4.79 Å². The van der Waals surface area contributed by atoms with E-state index in [0.717, 1.165) is 0 Å². The van der Waals surface area contributed by atoms with E-state index in [4.69, 9.17) is 16.6 Å². The normalized spacial score (nSPS) is 10.3. The molecule has 0 saturated heterocycles. The van der Waals surface area contributed by atoms with Gasteiger partial charge < -0.3 is 16.6 Å². The highest BCUT2D eigenvalue weighted by Gasteiger charge is 2.10.